The molecule has 144 valence electrons. The standard InChI is InChI=1S/C20H20N4O3S/c1-3-17-22-19(23-27-17)16-10-15(12(2)28-16)21-20(26)13-9-18(25)24(11-13)14-7-5-4-6-8-14/h4-8,10,13H,3,9,11H2,1-2H3,(H,21,26). The summed E-state index contributed by atoms with van der Waals surface area (Å²) in [6.07, 6.45) is 0.885. The van der Waals surface area contributed by atoms with Crippen LogP contribution in [0.15, 0.2) is 40.9 Å². The van der Waals surface area contributed by atoms with E-state index in [4.69, 9.17) is 4.52 Å². The molecule has 0 bridgehead atoms. The van der Waals surface area contributed by atoms with Gasteiger partial charge in [0, 0.05) is 30.0 Å². The van der Waals surface area contributed by atoms with Crippen molar-refractivity contribution in [3.8, 4) is 10.7 Å². The Kier molecular flexibility index (Phi) is 4.95. The Morgan fingerprint density at radius 2 is 2.14 bits per heavy atom. The predicted molar refractivity (Wildman–Crippen MR) is 107 cm³/mol. The number of aromatic nitrogens is 2. The van der Waals surface area contributed by atoms with Crippen LogP contribution in [0.1, 0.15) is 24.1 Å². The lowest BCUT2D eigenvalue weighted by atomic mass is 10.1. The van der Waals surface area contributed by atoms with Crippen LogP contribution in [-0.4, -0.2) is 28.5 Å². The van der Waals surface area contributed by atoms with Gasteiger partial charge in [0.05, 0.1) is 16.5 Å². The van der Waals surface area contributed by atoms with Crippen molar-refractivity contribution in [2.75, 3.05) is 16.8 Å². The van der Waals surface area contributed by atoms with Crippen LogP contribution in [0.5, 0.6) is 0 Å². The summed E-state index contributed by atoms with van der Waals surface area (Å²) in [5, 5.41) is 6.94. The fraction of sp³-hybridized carbons (Fsp3) is 0.300. The zero-order valence-electron chi connectivity index (χ0n) is 15.6. The Labute approximate surface area is 166 Å². The number of anilines is 2. The van der Waals surface area contributed by atoms with Gasteiger partial charge in [-0.1, -0.05) is 30.3 Å². The number of carbonyl (C=O) groups is 2. The van der Waals surface area contributed by atoms with E-state index in [0.29, 0.717) is 24.7 Å². The number of hydrogen-bond donors (Lipinski definition) is 1. The second kappa shape index (κ2) is 7.55. The van der Waals surface area contributed by atoms with Crippen LogP contribution in [0.4, 0.5) is 11.4 Å². The number of nitrogens with zero attached hydrogens (tertiary/aromatic N) is 3. The molecule has 1 fully saturated rings. The molecule has 1 saturated heterocycles. The Morgan fingerprint density at radius 3 is 2.86 bits per heavy atom. The number of hydrogen-bond acceptors (Lipinski definition) is 6. The highest BCUT2D eigenvalue weighted by Crippen LogP contribution is 2.34. The molecule has 0 aliphatic carbocycles. The second-order valence-corrected chi connectivity index (χ2v) is 7.93. The van der Waals surface area contributed by atoms with Crippen molar-refractivity contribution >= 4 is 34.5 Å². The lowest BCUT2D eigenvalue weighted by molar-refractivity contribution is -0.122. The molecule has 4 rings (SSSR count). The SMILES string of the molecule is CCc1nc(-c2cc(NC(=O)C3CC(=O)N(c4ccccc4)C3)c(C)s2)no1. The van der Waals surface area contributed by atoms with Crippen LogP contribution < -0.4 is 10.2 Å². The van der Waals surface area contributed by atoms with Gasteiger partial charge in [-0.15, -0.1) is 11.3 Å². The molecule has 1 N–H and O–H groups in total. The second-order valence-electron chi connectivity index (χ2n) is 6.68. The maximum atomic E-state index is 12.8. The summed E-state index contributed by atoms with van der Waals surface area (Å²) in [7, 11) is 0. The van der Waals surface area contributed by atoms with Crippen molar-refractivity contribution in [2.45, 2.75) is 26.7 Å². The molecule has 0 saturated carbocycles. The van der Waals surface area contributed by atoms with E-state index in [1.165, 1.54) is 11.3 Å². The summed E-state index contributed by atoms with van der Waals surface area (Å²) >= 11 is 1.50. The molecule has 28 heavy (non-hydrogen) atoms. The number of nitrogens with one attached hydrogen (secondary N) is 1. The molecule has 1 atom stereocenters. The average Bonchev–Trinajstić information content (AvgIpc) is 3.41. The van der Waals surface area contributed by atoms with Gasteiger partial charge >= 0.3 is 0 Å². The first-order valence-electron chi connectivity index (χ1n) is 9.14. The zero-order chi connectivity index (χ0) is 19.7. The maximum absolute atomic E-state index is 12.8. The molecule has 1 aromatic carbocycles. The van der Waals surface area contributed by atoms with Crippen LogP contribution in [0.2, 0.25) is 0 Å². The smallest absolute Gasteiger partial charge is 0.229 e. The number of benzene rings is 1. The summed E-state index contributed by atoms with van der Waals surface area (Å²) in [6, 6.07) is 11.3. The number of amides is 2. The number of aryl methyl sites for hydroxylation is 2. The van der Waals surface area contributed by atoms with Crippen molar-refractivity contribution in [1.82, 2.24) is 10.1 Å². The highest BCUT2D eigenvalue weighted by Gasteiger charge is 2.35. The predicted octanol–water partition coefficient (Wildman–Crippen LogP) is 3.66. The van der Waals surface area contributed by atoms with Crippen LogP contribution in [0.3, 0.4) is 0 Å². The van der Waals surface area contributed by atoms with E-state index in [9.17, 15) is 9.59 Å². The van der Waals surface area contributed by atoms with E-state index in [2.05, 4.69) is 15.5 Å². The molecule has 1 unspecified atom stereocenters. The van der Waals surface area contributed by atoms with Gasteiger partial charge < -0.3 is 14.7 Å². The third-order valence-electron chi connectivity index (χ3n) is 4.73. The lowest BCUT2D eigenvalue weighted by Crippen LogP contribution is -2.28. The molecule has 1 aliphatic rings. The van der Waals surface area contributed by atoms with Gasteiger partial charge in [-0.3, -0.25) is 9.59 Å². The molecule has 1 aliphatic heterocycles. The summed E-state index contributed by atoms with van der Waals surface area (Å²) < 4.78 is 5.16. The molecule has 7 nitrogen and oxygen atoms in total. The maximum Gasteiger partial charge on any atom is 0.229 e. The highest BCUT2D eigenvalue weighted by molar-refractivity contribution is 7.16. The van der Waals surface area contributed by atoms with Crippen molar-refractivity contribution in [2.24, 2.45) is 5.92 Å². The minimum atomic E-state index is -0.382. The molecule has 2 aromatic heterocycles. The summed E-state index contributed by atoms with van der Waals surface area (Å²) in [5.74, 6) is 0.538. The van der Waals surface area contributed by atoms with Crippen LogP contribution >= 0.6 is 11.3 Å². The highest BCUT2D eigenvalue weighted by atomic mass is 32.1. The molecule has 0 spiro atoms. The van der Waals surface area contributed by atoms with E-state index in [1.807, 2.05) is 50.2 Å². The van der Waals surface area contributed by atoms with Crippen LogP contribution in [0, 0.1) is 12.8 Å². The fourth-order valence-electron chi connectivity index (χ4n) is 3.19. The number of rotatable bonds is 5. The van der Waals surface area contributed by atoms with E-state index in [-0.39, 0.29) is 24.2 Å². The van der Waals surface area contributed by atoms with Gasteiger partial charge in [-0.25, -0.2) is 0 Å². The monoisotopic (exact) mass is 396 g/mol. The van der Waals surface area contributed by atoms with Gasteiger partial charge in [0.15, 0.2) is 0 Å². The molecule has 3 heterocycles. The molecule has 0 radical (unpaired) electrons. The van der Waals surface area contributed by atoms with Crippen molar-refractivity contribution in [3.05, 3.63) is 47.2 Å². The first-order chi connectivity index (χ1) is 13.5. The Hall–Kier alpha value is -3.00. The summed E-state index contributed by atoms with van der Waals surface area (Å²) in [4.78, 5) is 32.9. The summed E-state index contributed by atoms with van der Waals surface area (Å²) in [6.45, 7) is 4.26. The third kappa shape index (κ3) is 3.55. The summed E-state index contributed by atoms with van der Waals surface area (Å²) in [5.41, 5.74) is 1.54. The number of carbonyl (C=O) groups excluding carboxylic acids is 2. The van der Waals surface area contributed by atoms with Gasteiger partial charge in [0.2, 0.25) is 23.5 Å². The van der Waals surface area contributed by atoms with E-state index in [0.717, 1.165) is 21.1 Å². The molecule has 2 amide bonds. The van der Waals surface area contributed by atoms with Crippen molar-refractivity contribution in [3.63, 3.8) is 0 Å². The van der Waals surface area contributed by atoms with Crippen LogP contribution in [0.25, 0.3) is 10.7 Å². The van der Waals surface area contributed by atoms with Crippen molar-refractivity contribution < 1.29 is 14.1 Å². The molecular formula is C20H20N4O3S. The molecular weight excluding hydrogens is 376 g/mol. The average molecular weight is 396 g/mol. The normalized spacial score (nSPS) is 16.6. The Bertz CT molecular complexity index is 1010. The van der Waals surface area contributed by atoms with Crippen molar-refractivity contribution in [1.29, 1.82) is 0 Å². The molecule has 3 aromatic rings. The molecule has 8 heteroatoms. The number of para-hydroxylation sites is 1. The van der Waals surface area contributed by atoms with E-state index < -0.39 is 0 Å². The van der Waals surface area contributed by atoms with E-state index in [1.54, 1.807) is 4.90 Å². The van der Waals surface area contributed by atoms with Gasteiger partial charge in [-0.2, -0.15) is 4.98 Å². The van der Waals surface area contributed by atoms with Gasteiger partial charge in [0.25, 0.3) is 0 Å². The third-order valence-corrected chi connectivity index (χ3v) is 5.78. The number of thiophene rings is 1. The minimum absolute atomic E-state index is 0.0343. The fourth-order valence-corrected chi connectivity index (χ4v) is 4.09. The van der Waals surface area contributed by atoms with Crippen LogP contribution in [-0.2, 0) is 16.0 Å². The first kappa shape index (κ1) is 18.4. The largest absolute Gasteiger partial charge is 0.339 e. The Balaban J connectivity index is 1.46. The topological polar surface area (TPSA) is 88.3 Å². The lowest BCUT2D eigenvalue weighted by Gasteiger charge is -2.16. The van der Waals surface area contributed by atoms with E-state index >= 15 is 0 Å². The van der Waals surface area contributed by atoms with Gasteiger partial charge in [-0.05, 0) is 25.1 Å². The minimum Gasteiger partial charge on any atom is -0.339 e. The van der Waals surface area contributed by atoms with Gasteiger partial charge in [0.1, 0.15) is 0 Å². The first-order valence-corrected chi connectivity index (χ1v) is 9.96. The zero-order valence-corrected chi connectivity index (χ0v) is 16.5. The Morgan fingerprint density at radius 1 is 1.36 bits per heavy atom. The quantitative estimate of drug-likeness (QED) is 0.711.